The minimum atomic E-state index is 0.401. The average Bonchev–Trinajstić information content (AvgIpc) is 3.25. The highest BCUT2D eigenvalue weighted by molar-refractivity contribution is 5.30. The van der Waals surface area contributed by atoms with Crippen LogP contribution < -0.4 is 10.1 Å². The van der Waals surface area contributed by atoms with Gasteiger partial charge in [-0.25, -0.2) is 0 Å². The molecule has 0 radical (unpaired) electrons. The van der Waals surface area contributed by atoms with Crippen molar-refractivity contribution >= 4 is 0 Å². The second-order valence-electron chi connectivity index (χ2n) is 6.14. The Labute approximate surface area is 115 Å². The van der Waals surface area contributed by atoms with Crippen molar-refractivity contribution in [3.63, 3.8) is 0 Å². The Balaban J connectivity index is 1.59. The number of ether oxygens (including phenoxy) is 1. The average molecular weight is 260 g/mol. The summed E-state index contributed by atoms with van der Waals surface area (Å²) in [5, 5.41) is 3.54. The van der Waals surface area contributed by atoms with E-state index in [0.29, 0.717) is 6.10 Å². The summed E-state index contributed by atoms with van der Waals surface area (Å²) in [5.74, 6) is 1.90. The molecule has 19 heavy (non-hydrogen) atoms. The Hall–Kier alpha value is -1.09. The quantitative estimate of drug-likeness (QED) is 0.882. The molecule has 0 atom stereocenters. The van der Waals surface area contributed by atoms with Crippen molar-refractivity contribution in [2.24, 2.45) is 5.92 Å². The fourth-order valence-corrected chi connectivity index (χ4v) is 2.73. The van der Waals surface area contributed by atoms with Crippen LogP contribution in [0.4, 0.5) is 0 Å². The first-order valence-electron chi connectivity index (χ1n) is 7.64. The van der Waals surface area contributed by atoms with Crippen LogP contribution in [-0.2, 0) is 6.54 Å². The molecule has 1 heterocycles. The van der Waals surface area contributed by atoms with Gasteiger partial charge >= 0.3 is 0 Å². The van der Waals surface area contributed by atoms with Crippen LogP contribution >= 0.6 is 0 Å². The molecule has 104 valence electrons. The summed E-state index contributed by atoms with van der Waals surface area (Å²) >= 11 is 0. The molecule has 0 saturated heterocycles. The van der Waals surface area contributed by atoms with E-state index in [1.54, 1.807) is 0 Å². The molecule has 3 nitrogen and oxygen atoms in total. The van der Waals surface area contributed by atoms with Gasteiger partial charge in [-0.3, -0.25) is 4.98 Å². The summed E-state index contributed by atoms with van der Waals surface area (Å²) in [6.07, 6.45) is 11.8. The van der Waals surface area contributed by atoms with E-state index < -0.39 is 0 Å². The summed E-state index contributed by atoms with van der Waals surface area (Å²) in [5.41, 5.74) is 1.20. The highest BCUT2D eigenvalue weighted by Gasteiger charge is 2.22. The predicted octanol–water partition coefficient (Wildman–Crippen LogP) is 3.29. The Morgan fingerprint density at radius 1 is 1.21 bits per heavy atom. The zero-order valence-corrected chi connectivity index (χ0v) is 11.8. The van der Waals surface area contributed by atoms with E-state index in [1.165, 1.54) is 44.1 Å². The fraction of sp³-hybridized carbons (Fsp3) is 0.688. The van der Waals surface area contributed by atoms with Crippen LogP contribution in [0.1, 0.15) is 51.0 Å². The third-order valence-corrected chi connectivity index (χ3v) is 4.27. The standard InChI is InChI=1S/C16H24N2O/c1-12-2-6-15(7-3-12)19-16-8-9-17-10-13(16)11-18-14-4-5-14/h8-10,12,14-15,18H,2-7,11H2,1H3. The highest BCUT2D eigenvalue weighted by atomic mass is 16.5. The number of aromatic nitrogens is 1. The van der Waals surface area contributed by atoms with E-state index in [1.807, 2.05) is 18.5 Å². The first-order valence-corrected chi connectivity index (χ1v) is 7.64. The minimum absolute atomic E-state index is 0.401. The van der Waals surface area contributed by atoms with Crippen molar-refractivity contribution in [2.45, 2.75) is 64.1 Å². The van der Waals surface area contributed by atoms with Gasteiger partial charge in [0.15, 0.2) is 0 Å². The van der Waals surface area contributed by atoms with Crippen molar-refractivity contribution in [1.29, 1.82) is 0 Å². The zero-order valence-electron chi connectivity index (χ0n) is 11.8. The number of hydrogen-bond acceptors (Lipinski definition) is 3. The van der Waals surface area contributed by atoms with Crippen LogP contribution in [0, 0.1) is 5.92 Å². The van der Waals surface area contributed by atoms with Crippen LogP contribution in [0.25, 0.3) is 0 Å². The van der Waals surface area contributed by atoms with Gasteiger partial charge in [-0.1, -0.05) is 6.92 Å². The third-order valence-electron chi connectivity index (χ3n) is 4.27. The molecule has 0 amide bonds. The van der Waals surface area contributed by atoms with E-state index in [-0.39, 0.29) is 0 Å². The van der Waals surface area contributed by atoms with E-state index in [2.05, 4.69) is 17.2 Å². The van der Waals surface area contributed by atoms with Gasteiger partial charge in [0.1, 0.15) is 5.75 Å². The molecule has 1 aromatic heterocycles. The molecule has 1 aromatic rings. The van der Waals surface area contributed by atoms with Crippen molar-refractivity contribution in [2.75, 3.05) is 0 Å². The van der Waals surface area contributed by atoms with Gasteiger partial charge in [-0.2, -0.15) is 0 Å². The fourth-order valence-electron chi connectivity index (χ4n) is 2.73. The monoisotopic (exact) mass is 260 g/mol. The Bertz CT molecular complexity index is 409. The second-order valence-corrected chi connectivity index (χ2v) is 6.14. The van der Waals surface area contributed by atoms with E-state index in [0.717, 1.165) is 24.3 Å². The Morgan fingerprint density at radius 2 is 2.00 bits per heavy atom. The lowest BCUT2D eigenvalue weighted by molar-refractivity contribution is 0.134. The van der Waals surface area contributed by atoms with Crippen molar-refractivity contribution in [1.82, 2.24) is 10.3 Å². The number of nitrogens with zero attached hydrogens (tertiary/aromatic N) is 1. The highest BCUT2D eigenvalue weighted by Crippen LogP contribution is 2.29. The lowest BCUT2D eigenvalue weighted by Gasteiger charge is -2.27. The van der Waals surface area contributed by atoms with Crippen molar-refractivity contribution in [3.8, 4) is 5.75 Å². The van der Waals surface area contributed by atoms with Gasteiger partial charge in [0.05, 0.1) is 6.10 Å². The van der Waals surface area contributed by atoms with Gasteiger partial charge < -0.3 is 10.1 Å². The lowest BCUT2D eigenvalue weighted by atomic mass is 9.89. The summed E-state index contributed by atoms with van der Waals surface area (Å²) < 4.78 is 6.21. The first kappa shape index (κ1) is 12.9. The Kier molecular flexibility index (Phi) is 4.02. The van der Waals surface area contributed by atoms with Gasteiger partial charge in [-0.15, -0.1) is 0 Å². The molecule has 2 aliphatic rings. The smallest absolute Gasteiger partial charge is 0.127 e. The molecule has 0 bridgehead atoms. The van der Waals surface area contributed by atoms with Crippen molar-refractivity contribution in [3.05, 3.63) is 24.0 Å². The SMILES string of the molecule is CC1CCC(Oc2ccncc2CNC2CC2)CC1. The third kappa shape index (κ3) is 3.69. The van der Waals surface area contributed by atoms with Crippen LogP contribution in [-0.4, -0.2) is 17.1 Å². The Morgan fingerprint density at radius 3 is 2.74 bits per heavy atom. The largest absolute Gasteiger partial charge is 0.490 e. The zero-order chi connectivity index (χ0) is 13.1. The molecular weight excluding hydrogens is 236 g/mol. The summed E-state index contributed by atoms with van der Waals surface area (Å²) in [6.45, 7) is 3.23. The van der Waals surface area contributed by atoms with E-state index in [4.69, 9.17) is 4.74 Å². The second kappa shape index (κ2) is 5.91. The van der Waals surface area contributed by atoms with Crippen LogP contribution in [0.5, 0.6) is 5.75 Å². The topological polar surface area (TPSA) is 34.1 Å². The molecule has 2 fully saturated rings. The first-order chi connectivity index (χ1) is 9.31. The molecule has 3 rings (SSSR count). The van der Waals surface area contributed by atoms with Crippen LogP contribution in [0.2, 0.25) is 0 Å². The minimum Gasteiger partial charge on any atom is -0.490 e. The maximum absolute atomic E-state index is 6.21. The molecule has 2 aliphatic carbocycles. The normalized spacial score (nSPS) is 27.2. The summed E-state index contributed by atoms with van der Waals surface area (Å²) in [4.78, 5) is 4.23. The molecule has 0 aromatic carbocycles. The maximum atomic E-state index is 6.21. The van der Waals surface area contributed by atoms with Crippen LogP contribution in [0.15, 0.2) is 18.5 Å². The molecular formula is C16H24N2O. The summed E-state index contributed by atoms with van der Waals surface area (Å²) in [6, 6.07) is 2.74. The number of rotatable bonds is 5. The molecule has 2 saturated carbocycles. The van der Waals surface area contributed by atoms with E-state index in [9.17, 15) is 0 Å². The predicted molar refractivity (Wildman–Crippen MR) is 76.1 cm³/mol. The number of pyridine rings is 1. The van der Waals surface area contributed by atoms with Gasteiger partial charge in [0.25, 0.3) is 0 Å². The summed E-state index contributed by atoms with van der Waals surface area (Å²) in [7, 11) is 0. The molecule has 0 spiro atoms. The van der Waals surface area contributed by atoms with Gasteiger partial charge in [0, 0.05) is 30.5 Å². The molecule has 0 aliphatic heterocycles. The number of hydrogen-bond donors (Lipinski definition) is 1. The van der Waals surface area contributed by atoms with Crippen molar-refractivity contribution < 1.29 is 4.74 Å². The lowest BCUT2D eigenvalue weighted by Crippen LogP contribution is -2.24. The molecule has 0 unspecified atom stereocenters. The van der Waals surface area contributed by atoms with Gasteiger partial charge in [-0.05, 0) is 50.5 Å². The maximum Gasteiger partial charge on any atom is 0.127 e. The molecule has 1 N–H and O–H groups in total. The van der Waals surface area contributed by atoms with Gasteiger partial charge in [0.2, 0.25) is 0 Å². The number of nitrogens with one attached hydrogen (secondary N) is 1. The molecule has 3 heteroatoms. The van der Waals surface area contributed by atoms with E-state index >= 15 is 0 Å². The van der Waals surface area contributed by atoms with Crippen LogP contribution in [0.3, 0.4) is 0 Å².